The first-order valence-electron chi connectivity index (χ1n) is 5.67. The van der Waals surface area contributed by atoms with Crippen LogP contribution in [0.25, 0.3) is 0 Å². The lowest BCUT2D eigenvalue weighted by molar-refractivity contribution is 0.0244. The Balaban J connectivity index is 2.10. The number of halogens is 1. The predicted molar refractivity (Wildman–Crippen MR) is 73.1 cm³/mol. The number of aromatic nitrogens is 2. The number of aryl methyl sites for hydroxylation is 1. The Bertz CT molecular complexity index is 367. The summed E-state index contributed by atoms with van der Waals surface area (Å²) in [6.07, 6.45) is 0.777. The zero-order valence-electron chi connectivity index (χ0n) is 9.77. The number of aliphatic hydroxyl groups is 1. The van der Waals surface area contributed by atoms with Crippen molar-refractivity contribution in [3.05, 3.63) is 15.6 Å². The van der Waals surface area contributed by atoms with E-state index >= 15 is 0 Å². The van der Waals surface area contributed by atoms with Crippen molar-refractivity contribution in [1.82, 2.24) is 9.97 Å². The number of ether oxygens (including phenoxy) is 1. The highest BCUT2D eigenvalue weighted by Crippen LogP contribution is 2.18. The Morgan fingerprint density at radius 3 is 3.12 bits per heavy atom. The third kappa shape index (κ3) is 3.49. The number of anilines is 1. The molecule has 0 bridgehead atoms. The van der Waals surface area contributed by atoms with Gasteiger partial charge in [0.2, 0.25) is 0 Å². The molecular formula is C11H16IN3O2. The summed E-state index contributed by atoms with van der Waals surface area (Å²) in [5, 5.41) is 8.94. The van der Waals surface area contributed by atoms with Gasteiger partial charge in [-0.1, -0.05) is 0 Å². The van der Waals surface area contributed by atoms with E-state index < -0.39 is 0 Å². The monoisotopic (exact) mass is 349 g/mol. The van der Waals surface area contributed by atoms with E-state index in [0.717, 1.165) is 28.4 Å². The molecule has 2 rings (SSSR count). The number of aliphatic hydroxyl groups excluding tert-OH is 1. The fourth-order valence-corrected chi connectivity index (χ4v) is 2.55. The third-order valence-electron chi connectivity index (χ3n) is 2.71. The van der Waals surface area contributed by atoms with Crippen LogP contribution in [0.5, 0.6) is 0 Å². The summed E-state index contributed by atoms with van der Waals surface area (Å²) >= 11 is 2.20. The molecule has 1 saturated heterocycles. The average molecular weight is 349 g/mol. The predicted octanol–water partition coefficient (Wildman–Crippen LogP) is 0.977. The van der Waals surface area contributed by atoms with Gasteiger partial charge in [0.1, 0.15) is 15.3 Å². The van der Waals surface area contributed by atoms with Crippen LogP contribution >= 0.6 is 22.6 Å². The molecule has 1 unspecified atom stereocenters. The highest BCUT2D eigenvalue weighted by molar-refractivity contribution is 14.1. The molecule has 17 heavy (non-hydrogen) atoms. The van der Waals surface area contributed by atoms with Crippen LogP contribution in [0.2, 0.25) is 0 Å². The maximum Gasteiger partial charge on any atom is 0.133 e. The highest BCUT2D eigenvalue weighted by Gasteiger charge is 2.21. The van der Waals surface area contributed by atoms with Crippen molar-refractivity contribution in [2.45, 2.75) is 19.4 Å². The standard InChI is InChI=1S/C11H16IN3O2/c1-8-13-10(12)6-11(14-8)15-3-5-17-9(7-15)2-4-16/h6,9,16H,2-5,7H2,1H3. The average Bonchev–Trinajstić information content (AvgIpc) is 2.28. The molecule has 0 spiro atoms. The smallest absolute Gasteiger partial charge is 0.133 e. The van der Waals surface area contributed by atoms with Gasteiger partial charge in [0.15, 0.2) is 0 Å². The Hall–Kier alpha value is -0.470. The number of hydrogen-bond acceptors (Lipinski definition) is 5. The molecule has 1 aromatic heterocycles. The zero-order valence-corrected chi connectivity index (χ0v) is 11.9. The molecule has 0 radical (unpaired) electrons. The van der Waals surface area contributed by atoms with Gasteiger partial charge in [-0.25, -0.2) is 9.97 Å². The fourth-order valence-electron chi connectivity index (χ4n) is 1.92. The minimum atomic E-state index is 0.0988. The van der Waals surface area contributed by atoms with Crippen LogP contribution in [0.3, 0.4) is 0 Å². The first-order valence-corrected chi connectivity index (χ1v) is 6.75. The van der Waals surface area contributed by atoms with E-state index in [-0.39, 0.29) is 12.7 Å². The largest absolute Gasteiger partial charge is 0.396 e. The molecule has 0 amide bonds. The third-order valence-corrected chi connectivity index (χ3v) is 3.26. The van der Waals surface area contributed by atoms with E-state index in [2.05, 4.69) is 37.5 Å². The molecule has 1 fully saturated rings. The molecule has 0 aliphatic carbocycles. The second-order valence-electron chi connectivity index (χ2n) is 4.05. The lowest BCUT2D eigenvalue weighted by atomic mass is 10.2. The first kappa shape index (κ1) is 13.0. The van der Waals surface area contributed by atoms with Crippen LogP contribution in [-0.4, -0.2) is 47.5 Å². The van der Waals surface area contributed by atoms with Gasteiger partial charge < -0.3 is 14.7 Å². The Morgan fingerprint density at radius 2 is 2.41 bits per heavy atom. The zero-order chi connectivity index (χ0) is 12.3. The van der Waals surface area contributed by atoms with E-state index in [1.165, 1.54) is 0 Å². The molecule has 0 aromatic carbocycles. The number of rotatable bonds is 3. The van der Waals surface area contributed by atoms with E-state index in [1.54, 1.807) is 0 Å². The van der Waals surface area contributed by atoms with Crippen LogP contribution in [0.15, 0.2) is 6.07 Å². The van der Waals surface area contributed by atoms with Gasteiger partial charge >= 0.3 is 0 Å². The van der Waals surface area contributed by atoms with Crippen molar-refractivity contribution < 1.29 is 9.84 Å². The summed E-state index contributed by atoms with van der Waals surface area (Å²) in [5.41, 5.74) is 0. The van der Waals surface area contributed by atoms with Crippen molar-refractivity contribution in [3.63, 3.8) is 0 Å². The minimum Gasteiger partial charge on any atom is -0.396 e. The summed E-state index contributed by atoms with van der Waals surface area (Å²) in [4.78, 5) is 10.9. The van der Waals surface area contributed by atoms with Crippen molar-refractivity contribution >= 4 is 28.4 Å². The molecule has 1 N–H and O–H groups in total. The van der Waals surface area contributed by atoms with E-state index in [4.69, 9.17) is 9.84 Å². The van der Waals surface area contributed by atoms with E-state index in [0.29, 0.717) is 13.0 Å². The van der Waals surface area contributed by atoms with Gasteiger partial charge in [-0.05, 0) is 35.9 Å². The molecule has 1 aliphatic rings. The topological polar surface area (TPSA) is 58.5 Å². The molecule has 6 heteroatoms. The molecule has 1 aromatic rings. The van der Waals surface area contributed by atoms with Crippen LogP contribution in [0.1, 0.15) is 12.2 Å². The van der Waals surface area contributed by atoms with Crippen LogP contribution < -0.4 is 4.90 Å². The van der Waals surface area contributed by atoms with E-state index in [1.807, 2.05) is 13.0 Å². The van der Waals surface area contributed by atoms with Crippen molar-refractivity contribution in [2.75, 3.05) is 31.2 Å². The minimum absolute atomic E-state index is 0.0988. The Labute approximate surface area is 114 Å². The Morgan fingerprint density at radius 1 is 1.59 bits per heavy atom. The van der Waals surface area contributed by atoms with Crippen LogP contribution in [-0.2, 0) is 4.74 Å². The maximum absolute atomic E-state index is 8.94. The molecule has 5 nitrogen and oxygen atoms in total. The summed E-state index contributed by atoms with van der Waals surface area (Å²) in [6, 6.07) is 1.98. The highest BCUT2D eigenvalue weighted by atomic mass is 127. The summed E-state index contributed by atoms with van der Waals surface area (Å²) in [6.45, 7) is 4.38. The summed E-state index contributed by atoms with van der Waals surface area (Å²) < 4.78 is 6.54. The van der Waals surface area contributed by atoms with Crippen molar-refractivity contribution in [2.24, 2.45) is 0 Å². The van der Waals surface area contributed by atoms with Gasteiger partial charge in [-0.15, -0.1) is 0 Å². The Kier molecular flexibility index (Phi) is 4.52. The molecule has 1 atom stereocenters. The van der Waals surface area contributed by atoms with Crippen LogP contribution in [0.4, 0.5) is 5.82 Å². The number of hydrogen-bond donors (Lipinski definition) is 1. The lowest BCUT2D eigenvalue weighted by Crippen LogP contribution is -2.43. The van der Waals surface area contributed by atoms with Crippen molar-refractivity contribution in [3.8, 4) is 0 Å². The van der Waals surface area contributed by atoms with Gasteiger partial charge in [0.05, 0.1) is 12.7 Å². The normalized spacial score (nSPS) is 20.6. The fraction of sp³-hybridized carbons (Fsp3) is 0.636. The molecule has 94 valence electrons. The molecule has 0 saturated carbocycles. The summed E-state index contributed by atoms with van der Waals surface area (Å²) in [5.74, 6) is 1.74. The first-order chi connectivity index (χ1) is 8.19. The SMILES string of the molecule is Cc1nc(I)cc(N2CCOC(CCO)C2)n1. The second kappa shape index (κ2) is 5.92. The second-order valence-corrected chi connectivity index (χ2v) is 5.15. The summed E-state index contributed by atoms with van der Waals surface area (Å²) in [7, 11) is 0. The van der Waals surface area contributed by atoms with Crippen LogP contribution in [0, 0.1) is 10.6 Å². The molecule has 2 heterocycles. The van der Waals surface area contributed by atoms with Gasteiger partial charge in [0, 0.05) is 25.8 Å². The van der Waals surface area contributed by atoms with Gasteiger partial charge in [0.25, 0.3) is 0 Å². The van der Waals surface area contributed by atoms with Crippen molar-refractivity contribution in [1.29, 1.82) is 0 Å². The van der Waals surface area contributed by atoms with E-state index in [9.17, 15) is 0 Å². The lowest BCUT2D eigenvalue weighted by Gasteiger charge is -2.33. The molecular weight excluding hydrogens is 333 g/mol. The number of nitrogens with zero attached hydrogens (tertiary/aromatic N) is 3. The quantitative estimate of drug-likeness (QED) is 0.651. The number of morpholine rings is 1. The van der Waals surface area contributed by atoms with Gasteiger partial charge in [-0.2, -0.15) is 0 Å². The molecule has 1 aliphatic heterocycles. The maximum atomic E-state index is 8.94. The van der Waals surface area contributed by atoms with Gasteiger partial charge in [-0.3, -0.25) is 0 Å².